The fourth-order valence-electron chi connectivity index (χ4n) is 1.61. The highest BCUT2D eigenvalue weighted by Crippen LogP contribution is 2.18. The van der Waals surface area contributed by atoms with Crippen molar-refractivity contribution in [2.75, 3.05) is 26.3 Å². The highest BCUT2D eigenvalue weighted by molar-refractivity contribution is 4.84. The molecule has 2 unspecified atom stereocenters. The van der Waals surface area contributed by atoms with Crippen LogP contribution in [-0.2, 0) is 9.47 Å². The normalized spacial score (nSPS) is 34.8. The van der Waals surface area contributed by atoms with E-state index in [-0.39, 0.29) is 5.60 Å². The van der Waals surface area contributed by atoms with Gasteiger partial charge in [0.25, 0.3) is 0 Å². The Hall–Kier alpha value is -0.120. The molecule has 1 N–H and O–H groups in total. The highest BCUT2D eigenvalue weighted by atomic mass is 16.6. The van der Waals surface area contributed by atoms with Gasteiger partial charge in [-0.2, -0.15) is 0 Å². The van der Waals surface area contributed by atoms with Crippen LogP contribution in [0.4, 0.5) is 0 Å². The van der Waals surface area contributed by atoms with Crippen LogP contribution in [0.3, 0.4) is 0 Å². The van der Waals surface area contributed by atoms with Crippen LogP contribution in [0.25, 0.3) is 0 Å². The Kier molecular flexibility index (Phi) is 4.16. The van der Waals surface area contributed by atoms with Gasteiger partial charge >= 0.3 is 0 Å². The summed E-state index contributed by atoms with van der Waals surface area (Å²) in [6.07, 6.45) is 1.41. The predicted molar refractivity (Wildman–Crippen MR) is 52.9 cm³/mol. The van der Waals surface area contributed by atoms with Crippen molar-refractivity contribution in [1.82, 2.24) is 5.32 Å². The van der Waals surface area contributed by atoms with Gasteiger partial charge in [0, 0.05) is 19.7 Å². The van der Waals surface area contributed by atoms with Crippen molar-refractivity contribution < 1.29 is 9.47 Å². The molecule has 0 saturated carbocycles. The van der Waals surface area contributed by atoms with E-state index in [1.165, 1.54) is 0 Å². The van der Waals surface area contributed by atoms with E-state index in [4.69, 9.17) is 9.47 Å². The van der Waals surface area contributed by atoms with Crippen LogP contribution < -0.4 is 5.32 Å². The number of hydrogen-bond acceptors (Lipinski definition) is 3. The molecule has 1 aliphatic rings. The lowest BCUT2D eigenvalue weighted by atomic mass is 10.0. The van der Waals surface area contributed by atoms with Gasteiger partial charge in [0.2, 0.25) is 0 Å². The van der Waals surface area contributed by atoms with Crippen molar-refractivity contribution in [3.63, 3.8) is 0 Å². The van der Waals surface area contributed by atoms with E-state index >= 15 is 0 Å². The standard InChI is InChI=1S/C10H21NO2/c1-4-9-6-11-7-10(3,13-9)8-12-5-2/h9,11H,4-8H2,1-3H3. The molecule has 0 aromatic rings. The predicted octanol–water partition coefficient (Wildman–Crippen LogP) is 1.18. The quantitative estimate of drug-likeness (QED) is 0.717. The molecule has 1 heterocycles. The minimum Gasteiger partial charge on any atom is -0.379 e. The zero-order valence-electron chi connectivity index (χ0n) is 8.93. The first-order chi connectivity index (χ1) is 6.20. The molecule has 0 aromatic carbocycles. The minimum absolute atomic E-state index is 0.130. The SMILES string of the molecule is CCOCC1(C)CNCC(CC)O1. The largest absolute Gasteiger partial charge is 0.379 e. The topological polar surface area (TPSA) is 30.5 Å². The first kappa shape index (κ1) is 11.0. The molecule has 1 aliphatic heterocycles. The summed E-state index contributed by atoms with van der Waals surface area (Å²) in [6, 6.07) is 0. The van der Waals surface area contributed by atoms with Crippen molar-refractivity contribution in [3.05, 3.63) is 0 Å². The fraction of sp³-hybridized carbons (Fsp3) is 1.00. The maximum Gasteiger partial charge on any atom is 0.101 e. The lowest BCUT2D eigenvalue weighted by Crippen LogP contribution is -2.54. The zero-order valence-corrected chi connectivity index (χ0v) is 8.93. The van der Waals surface area contributed by atoms with Gasteiger partial charge in [-0.3, -0.25) is 0 Å². The van der Waals surface area contributed by atoms with Gasteiger partial charge in [0.05, 0.1) is 12.7 Å². The molecule has 1 fully saturated rings. The van der Waals surface area contributed by atoms with E-state index in [1.807, 2.05) is 6.92 Å². The second kappa shape index (κ2) is 4.94. The number of ether oxygens (including phenoxy) is 2. The van der Waals surface area contributed by atoms with Gasteiger partial charge < -0.3 is 14.8 Å². The summed E-state index contributed by atoms with van der Waals surface area (Å²) in [4.78, 5) is 0. The summed E-state index contributed by atoms with van der Waals surface area (Å²) in [5, 5.41) is 3.38. The molecule has 0 bridgehead atoms. The highest BCUT2D eigenvalue weighted by Gasteiger charge is 2.32. The molecule has 0 amide bonds. The summed E-state index contributed by atoms with van der Waals surface area (Å²) >= 11 is 0. The van der Waals surface area contributed by atoms with Gasteiger partial charge in [-0.25, -0.2) is 0 Å². The molecule has 13 heavy (non-hydrogen) atoms. The van der Waals surface area contributed by atoms with Crippen LogP contribution in [0.1, 0.15) is 27.2 Å². The summed E-state index contributed by atoms with van der Waals surface area (Å²) in [5.41, 5.74) is -0.130. The first-order valence-electron chi connectivity index (χ1n) is 5.16. The third-order valence-electron chi connectivity index (χ3n) is 2.39. The summed E-state index contributed by atoms with van der Waals surface area (Å²) in [5.74, 6) is 0. The van der Waals surface area contributed by atoms with E-state index in [0.29, 0.717) is 12.7 Å². The fourth-order valence-corrected chi connectivity index (χ4v) is 1.61. The van der Waals surface area contributed by atoms with E-state index in [1.54, 1.807) is 0 Å². The molecular formula is C10H21NO2. The molecule has 3 heteroatoms. The van der Waals surface area contributed by atoms with Crippen LogP contribution in [0.15, 0.2) is 0 Å². The molecule has 78 valence electrons. The van der Waals surface area contributed by atoms with Gasteiger partial charge in [0.15, 0.2) is 0 Å². The molecule has 0 aliphatic carbocycles. The van der Waals surface area contributed by atoms with Crippen LogP contribution in [0.5, 0.6) is 0 Å². The molecular weight excluding hydrogens is 166 g/mol. The Balaban J connectivity index is 2.37. The average Bonchev–Trinajstić information content (AvgIpc) is 2.15. The van der Waals surface area contributed by atoms with Crippen molar-refractivity contribution >= 4 is 0 Å². The van der Waals surface area contributed by atoms with Gasteiger partial charge in [-0.15, -0.1) is 0 Å². The number of hydrogen-bond donors (Lipinski definition) is 1. The van der Waals surface area contributed by atoms with Crippen molar-refractivity contribution in [2.45, 2.75) is 38.9 Å². The number of rotatable bonds is 4. The molecule has 1 saturated heterocycles. The minimum atomic E-state index is -0.130. The number of morpholine rings is 1. The van der Waals surface area contributed by atoms with Crippen molar-refractivity contribution in [3.8, 4) is 0 Å². The molecule has 0 radical (unpaired) electrons. The molecule has 2 atom stereocenters. The van der Waals surface area contributed by atoms with E-state index in [9.17, 15) is 0 Å². The number of nitrogens with one attached hydrogen (secondary N) is 1. The molecule has 0 aromatic heterocycles. The lowest BCUT2D eigenvalue weighted by molar-refractivity contribution is -0.139. The Morgan fingerprint density at radius 2 is 2.31 bits per heavy atom. The zero-order chi connectivity index (χ0) is 9.73. The maximum atomic E-state index is 5.94. The summed E-state index contributed by atoms with van der Waals surface area (Å²) in [6.45, 7) is 9.58. The van der Waals surface area contributed by atoms with Crippen LogP contribution in [0, 0.1) is 0 Å². The summed E-state index contributed by atoms with van der Waals surface area (Å²) < 4.78 is 11.3. The molecule has 0 spiro atoms. The third-order valence-corrected chi connectivity index (χ3v) is 2.39. The summed E-state index contributed by atoms with van der Waals surface area (Å²) in [7, 11) is 0. The lowest BCUT2D eigenvalue weighted by Gasteiger charge is -2.38. The van der Waals surface area contributed by atoms with Gasteiger partial charge in [0.1, 0.15) is 5.60 Å². The second-order valence-electron chi connectivity index (χ2n) is 3.87. The Morgan fingerprint density at radius 3 is 2.92 bits per heavy atom. The Bertz CT molecular complexity index is 152. The van der Waals surface area contributed by atoms with Crippen LogP contribution in [-0.4, -0.2) is 38.0 Å². The van der Waals surface area contributed by atoms with Crippen LogP contribution in [0.2, 0.25) is 0 Å². The maximum absolute atomic E-state index is 5.94. The van der Waals surface area contributed by atoms with E-state index in [0.717, 1.165) is 26.1 Å². The third kappa shape index (κ3) is 3.25. The smallest absolute Gasteiger partial charge is 0.101 e. The second-order valence-corrected chi connectivity index (χ2v) is 3.87. The van der Waals surface area contributed by atoms with Crippen molar-refractivity contribution in [1.29, 1.82) is 0 Å². The monoisotopic (exact) mass is 187 g/mol. The first-order valence-corrected chi connectivity index (χ1v) is 5.16. The van der Waals surface area contributed by atoms with E-state index < -0.39 is 0 Å². The Morgan fingerprint density at radius 1 is 1.54 bits per heavy atom. The molecule has 1 rings (SSSR count). The van der Waals surface area contributed by atoms with Gasteiger partial charge in [-0.05, 0) is 20.3 Å². The van der Waals surface area contributed by atoms with Gasteiger partial charge in [-0.1, -0.05) is 6.92 Å². The van der Waals surface area contributed by atoms with E-state index in [2.05, 4.69) is 19.2 Å². The average molecular weight is 187 g/mol. The van der Waals surface area contributed by atoms with Crippen molar-refractivity contribution in [2.24, 2.45) is 0 Å². The molecule has 3 nitrogen and oxygen atoms in total. The Labute approximate surface area is 80.8 Å². The van der Waals surface area contributed by atoms with Crippen LogP contribution >= 0.6 is 0 Å².